The Morgan fingerprint density at radius 1 is 1.23 bits per heavy atom. The summed E-state index contributed by atoms with van der Waals surface area (Å²) >= 11 is 0. The van der Waals surface area contributed by atoms with Gasteiger partial charge in [-0.25, -0.2) is 13.8 Å². The SMILES string of the molecule is N#Cc1cc(NC2CCN(c3c(F)cccc3F)C2=O)nc2ccc([N+](=O)[O-])cc12. The Hall–Kier alpha value is -4.13. The van der Waals surface area contributed by atoms with Gasteiger partial charge in [-0.3, -0.25) is 14.9 Å². The van der Waals surface area contributed by atoms with Gasteiger partial charge in [0.2, 0.25) is 5.91 Å². The molecule has 10 heteroatoms. The zero-order chi connectivity index (χ0) is 21.4. The van der Waals surface area contributed by atoms with Gasteiger partial charge in [-0.2, -0.15) is 5.26 Å². The number of amides is 1. The summed E-state index contributed by atoms with van der Waals surface area (Å²) < 4.78 is 28.1. The van der Waals surface area contributed by atoms with Crippen LogP contribution >= 0.6 is 0 Å². The van der Waals surface area contributed by atoms with E-state index in [1.807, 2.05) is 6.07 Å². The van der Waals surface area contributed by atoms with Crippen LogP contribution in [0.1, 0.15) is 12.0 Å². The summed E-state index contributed by atoms with van der Waals surface area (Å²) in [5.74, 6) is -1.98. The van der Waals surface area contributed by atoms with Gasteiger partial charge in [-0.05, 0) is 30.7 Å². The van der Waals surface area contributed by atoms with Gasteiger partial charge in [-0.1, -0.05) is 6.07 Å². The van der Waals surface area contributed by atoms with Gasteiger partial charge < -0.3 is 10.2 Å². The van der Waals surface area contributed by atoms with Crippen LogP contribution in [-0.2, 0) is 4.79 Å². The van der Waals surface area contributed by atoms with E-state index >= 15 is 0 Å². The van der Waals surface area contributed by atoms with Crippen molar-refractivity contribution in [1.29, 1.82) is 5.26 Å². The monoisotopic (exact) mass is 409 g/mol. The number of nitriles is 1. The van der Waals surface area contributed by atoms with Crippen LogP contribution in [0.4, 0.5) is 26.0 Å². The van der Waals surface area contributed by atoms with Crippen molar-refractivity contribution in [1.82, 2.24) is 4.98 Å². The molecule has 1 atom stereocenters. The fraction of sp³-hybridized carbons (Fsp3) is 0.150. The topological polar surface area (TPSA) is 112 Å². The molecule has 1 aliphatic heterocycles. The quantitative estimate of drug-likeness (QED) is 0.521. The van der Waals surface area contributed by atoms with Crippen LogP contribution in [0.5, 0.6) is 0 Å². The zero-order valence-electron chi connectivity index (χ0n) is 15.3. The molecule has 1 amide bonds. The number of anilines is 2. The molecule has 2 heterocycles. The predicted molar refractivity (Wildman–Crippen MR) is 104 cm³/mol. The number of hydrogen-bond acceptors (Lipinski definition) is 6. The van der Waals surface area contributed by atoms with Crippen LogP contribution in [0.15, 0.2) is 42.5 Å². The highest BCUT2D eigenvalue weighted by Crippen LogP contribution is 2.30. The van der Waals surface area contributed by atoms with Crippen LogP contribution in [0.25, 0.3) is 10.9 Å². The number of fused-ring (bicyclic) bond motifs is 1. The molecular formula is C20H13F2N5O3. The number of nitro benzene ring substituents is 1. The first kappa shape index (κ1) is 19.2. The van der Waals surface area contributed by atoms with Crippen LogP contribution in [0.2, 0.25) is 0 Å². The van der Waals surface area contributed by atoms with Crippen molar-refractivity contribution >= 4 is 34.0 Å². The Balaban J connectivity index is 1.63. The molecule has 0 saturated carbocycles. The first-order valence-electron chi connectivity index (χ1n) is 8.90. The lowest BCUT2D eigenvalue weighted by molar-refractivity contribution is -0.384. The summed E-state index contributed by atoms with van der Waals surface area (Å²) in [5.41, 5.74) is -0.0865. The maximum Gasteiger partial charge on any atom is 0.270 e. The minimum atomic E-state index is -0.832. The number of nitro groups is 1. The molecule has 3 aromatic rings. The lowest BCUT2D eigenvalue weighted by Crippen LogP contribution is -2.34. The number of para-hydroxylation sites is 1. The number of benzene rings is 2. The van der Waals surface area contributed by atoms with Gasteiger partial charge in [-0.15, -0.1) is 0 Å². The summed E-state index contributed by atoms with van der Waals surface area (Å²) in [5, 5.41) is 23.6. The van der Waals surface area contributed by atoms with E-state index in [1.54, 1.807) is 0 Å². The Morgan fingerprint density at radius 3 is 2.63 bits per heavy atom. The average molecular weight is 409 g/mol. The van der Waals surface area contributed by atoms with Gasteiger partial charge in [0, 0.05) is 24.1 Å². The lowest BCUT2D eigenvalue weighted by Gasteiger charge is -2.19. The predicted octanol–water partition coefficient (Wildman–Crippen LogP) is 3.51. The van der Waals surface area contributed by atoms with E-state index in [1.165, 1.54) is 30.3 Å². The van der Waals surface area contributed by atoms with E-state index in [0.29, 0.717) is 10.9 Å². The number of pyridine rings is 1. The van der Waals surface area contributed by atoms with Crippen LogP contribution in [0, 0.1) is 33.1 Å². The molecule has 8 nitrogen and oxygen atoms in total. The summed E-state index contributed by atoms with van der Waals surface area (Å²) in [6.07, 6.45) is 0.272. The van der Waals surface area contributed by atoms with Gasteiger partial charge in [0.1, 0.15) is 29.2 Å². The number of rotatable bonds is 4. The summed E-state index contributed by atoms with van der Waals surface area (Å²) in [7, 11) is 0. The molecule has 4 rings (SSSR count). The highest BCUT2D eigenvalue weighted by molar-refractivity contribution is 6.01. The smallest absolute Gasteiger partial charge is 0.270 e. The average Bonchev–Trinajstić information content (AvgIpc) is 3.07. The first-order chi connectivity index (χ1) is 14.4. The maximum atomic E-state index is 14.0. The minimum Gasteiger partial charge on any atom is -0.358 e. The van der Waals surface area contributed by atoms with Crippen molar-refractivity contribution in [2.45, 2.75) is 12.5 Å². The summed E-state index contributed by atoms with van der Waals surface area (Å²) in [6.45, 7) is 0.110. The molecule has 0 spiro atoms. The zero-order valence-corrected chi connectivity index (χ0v) is 15.3. The third-order valence-electron chi connectivity index (χ3n) is 4.86. The van der Waals surface area contributed by atoms with Crippen LogP contribution in [0.3, 0.4) is 0 Å². The summed E-state index contributed by atoms with van der Waals surface area (Å²) in [4.78, 5) is 28.5. The van der Waals surface area contributed by atoms with Crippen molar-refractivity contribution < 1.29 is 18.5 Å². The van der Waals surface area contributed by atoms with Gasteiger partial charge >= 0.3 is 0 Å². The Morgan fingerprint density at radius 2 is 1.97 bits per heavy atom. The molecule has 2 aromatic carbocycles. The standard InChI is InChI=1S/C20H13F2N5O3/c21-14-2-1-3-15(22)19(14)26-7-6-17(20(26)28)25-18-8-11(10-23)13-9-12(27(29)30)4-5-16(13)24-18/h1-5,8-9,17H,6-7H2,(H,24,25). The number of hydrogen-bond donors (Lipinski definition) is 1. The number of carbonyl (C=O) groups is 1. The van der Waals surface area contributed by atoms with E-state index in [9.17, 15) is 29.0 Å². The molecule has 150 valence electrons. The maximum absolute atomic E-state index is 14.0. The van der Waals surface area contributed by atoms with Crippen LogP contribution < -0.4 is 10.2 Å². The van der Waals surface area contributed by atoms with Crippen LogP contribution in [-0.4, -0.2) is 28.4 Å². The normalized spacial score (nSPS) is 16.0. The third kappa shape index (κ3) is 3.26. The second-order valence-corrected chi connectivity index (χ2v) is 6.67. The van der Waals surface area contributed by atoms with Gasteiger partial charge in [0.05, 0.1) is 22.1 Å². The highest BCUT2D eigenvalue weighted by Gasteiger charge is 2.35. The lowest BCUT2D eigenvalue weighted by atomic mass is 10.1. The fourth-order valence-corrected chi connectivity index (χ4v) is 3.46. The highest BCUT2D eigenvalue weighted by atomic mass is 19.1. The molecule has 1 aromatic heterocycles. The molecule has 30 heavy (non-hydrogen) atoms. The molecule has 1 N–H and O–H groups in total. The molecular weight excluding hydrogens is 396 g/mol. The molecule has 1 fully saturated rings. The van der Waals surface area contributed by atoms with Gasteiger partial charge in [0.25, 0.3) is 5.69 Å². The Bertz CT molecular complexity index is 1220. The van der Waals surface area contributed by atoms with Crippen molar-refractivity contribution in [2.24, 2.45) is 0 Å². The van der Waals surface area contributed by atoms with Crippen molar-refractivity contribution in [2.75, 3.05) is 16.8 Å². The minimum absolute atomic E-state index is 0.110. The van der Waals surface area contributed by atoms with E-state index in [2.05, 4.69) is 10.3 Å². The van der Waals surface area contributed by atoms with E-state index in [0.717, 1.165) is 17.0 Å². The molecule has 0 bridgehead atoms. The molecule has 1 saturated heterocycles. The Kier molecular flexibility index (Phi) is 4.71. The summed E-state index contributed by atoms with van der Waals surface area (Å²) in [6, 6.07) is 9.87. The molecule has 0 radical (unpaired) electrons. The molecule has 1 unspecified atom stereocenters. The van der Waals surface area contributed by atoms with E-state index < -0.39 is 34.2 Å². The van der Waals surface area contributed by atoms with Crippen molar-refractivity contribution in [3.8, 4) is 6.07 Å². The number of carbonyl (C=O) groups excluding carboxylic acids is 1. The second-order valence-electron chi connectivity index (χ2n) is 6.67. The largest absolute Gasteiger partial charge is 0.358 e. The number of non-ortho nitro benzene ring substituents is 1. The van der Waals surface area contributed by atoms with Crippen molar-refractivity contribution in [3.63, 3.8) is 0 Å². The van der Waals surface area contributed by atoms with E-state index in [-0.39, 0.29) is 30.0 Å². The molecule has 1 aliphatic rings. The first-order valence-corrected chi connectivity index (χ1v) is 8.90. The van der Waals surface area contributed by atoms with Crippen molar-refractivity contribution in [3.05, 3.63) is 69.8 Å². The second kappa shape index (κ2) is 7.36. The fourth-order valence-electron chi connectivity index (χ4n) is 3.46. The van der Waals surface area contributed by atoms with Gasteiger partial charge in [0.15, 0.2) is 0 Å². The third-order valence-corrected chi connectivity index (χ3v) is 4.86. The number of aromatic nitrogens is 1. The number of nitrogens with zero attached hydrogens (tertiary/aromatic N) is 4. The number of nitrogens with one attached hydrogen (secondary N) is 1. The molecule has 0 aliphatic carbocycles. The Labute approximate surface area is 168 Å². The van der Waals surface area contributed by atoms with E-state index in [4.69, 9.17) is 0 Å². The number of halogens is 2.